The number of aromatic amines is 1. The number of phenols is 1. The number of methoxy groups -OCH3 is 1. The fourth-order valence-corrected chi connectivity index (χ4v) is 1.81. The summed E-state index contributed by atoms with van der Waals surface area (Å²) >= 11 is 3.20. The Morgan fingerprint density at radius 1 is 1.55 bits per heavy atom. The van der Waals surface area contributed by atoms with Crippen LogP contribution in [0.25, 0.3) is 0 Å². The van der Waals surface area contributed by atoms with Crippen LogP contribution in [0.5, 0.6) is 11.5 Å². The number of halogens is 1. The molecule has 0 aliphatic rings. The topological polar surface area (TPSA) is 112 Å². The highest BCUT2D eigenvalue weighted by atomic mass is 79.9. The van der Waals surface area contributed by atoms with E-state index in [0.29, 0.717) is 15.8 Å². The number of phenolic OH excluding ortho intramolecular Hbond substituents is 1. The van der Waals surface area contributed by atoms with Crippen LogP contribution in [0.15, 0.2) is 32.7 Å². The van der Waals surface area contributed by atoms with Crippen LogP contribution in [-0.2, 0) is 0 Å². The lowest BCUT2D eigenvalue weighted by atomic mass is 10.2. The fraction of sp³-hybridized carbons (Fsp3) is 0.0909. The minimum atomic E-state index is -0.383. The molecular formula is C11H10BrN5O3. The molecule has 0 spiro atoms. The van der Waals surface area contributed by atoms with Crippen LogP contribution in [0.4, 0.5) is 5.95 Å². The van der Waals surface area contributed by atoms with Crippen molar-refractivity contribution in [2.45, 2.75) is 0 Å². The zero-order valence-corrected chi connectivity index (χ0v) is 11.9. The average molecular weight is 340 g/mol. The van der Waals surface area contributed by atoms with E-state index in [0.717, 1.165) is 6.20 Å². The van der Waals surface area contributed by atoms with Gasteiger partial charge in [-0.2, -0.15) is 5.10 Å². The first kappa shape index (κ1) is 14.0. The molecule has 9 heteroatoms. The molecular weight excluding hydrogens is 330 g/mol. The van der Waals surface area contributed by atoms with Crippen molar-refractivity contribution in [2.75, 3.05) is 12.5 Å². The minimum absolute atomic E-state index is 0.0101. The Labute approximate surface area is 121 Å². The Morgan fingerprint density at radius 3 is 3.05 bits per heavy atom. The maximum Gasteiger partial charge on any atom is 0.271 e. The van der Waals surface area contributed by atoms with Gasteiger partial charge in [0.05, 0.1) is 17.8 Å². The number of aromatic hydroxyl groups is 1. The van der Waals surface area contributed by atoms with E-state index in [4.69, 9.17) is 4.74 Å². The SMILES string of the molecule is COc1cc(/C=N\Nc2nncc(=O)[nH]2)cc(Br)c1O. The van der Waals surface area contributed by atoms with Crippen molar-refractivity contribution in [1.29, 1.82) is 0 Å². The number of hydrogen-bond donors (Lipinski definition) is 3. The third-order valence-electron chi connectivity index (χ3n) is 2.23. The first-order valence-corrected chi connectivity index (χ1v) is 6.17. The monoisotopic (exact) mass is 339 g/mol. The number of benzene rings is 1. The van der Waals surface area contributed by atoms with E-state index in [-0.39, 0.29) is 17.3 Å². The predicted octanol–water partition coefficient (Wildman–Crippen LogP) is 1.09. The number of hydrazone groups is 1. The maximum absolute atomic E-state index is 11.0. The van der Waals surface area contributed by atoms with E-state index in [1.165, 1.54) is 13.3 Å². The van der Waals surface area contributed by atoms with Crippen molar-refractivity contribution >= 4 is 28.1 Å². The number of nitrogens with zero attached hydrogens (tertiary/aromatic N) is 3. The molecule has 0 aliphatic heterocycles. The number of hydrogen-bond acceptors (Lipinski definition) is 7. The van der Waals surface area contributed by atoms with Crippen LogP contribution >= 0.6 is 15.9 Å². The van der Waals surface area contributed by atoms with Gasteiger partial charge in [-0.05, 0) is 33.6 Å². The van der Waals surface area contributed by atoms with E-state index in [2.05, 4.69) is 41.6 Å². The highest BCUT2D eigenvalue weighted by Gasteiger charge is 2.07. The lowest BCUT2D eigenvalue weighted by Gasteiger charge is -2.06. The van der Waals surface area contributed by atoms with Crippen LogP contribution in [0.3, 0.4) is 0 Å². The van der Waals surface area contributed by atoms with Gasteiger partial charge in [-0.15, -0.1) is 10.2 Å². The van der Waals surface area contributed by atoms with Crippen molar-refractivity contribution in [3.63, 3.8) is 0 Å². The number of ether oxygens (including phenoxy) is 1. The lowest BCUT2D eigenvalue weighted by Crippen LogP contribution is -2.10. The van der Waals surface area contributed by atoms with Gasteiger partial charge in [0.25, 0.3) is 5.56 Å². The molecule has 0 aliphatic carbocycles. The van der Waals surface area contributed by atoms with Crippen molar-refractivity contribution < 1.29 is 9.84 Å². The van der Waals surface area contributed by atoms with E-state index in [1.54, 1.807) is 12.1 Å². The van der Waals surface area contributed by atoms with E-state index >= 15 is 0 Å². The Hall–Kier alpha value is -2.42. The first-order valence-electron chi connectivity index (χ1n) is 5.37. The van der Waals surface area contributed by atoms with Gasteiger partial charge in [-0.25, -0.2) is 5.43 Å². The third-order valence-corrected chi connectivity index (χ3v) is 2.83. The molecule has 0 radical (unpaired) electrons. The van der Waals surface area contributed by atoms with Crippen molar-refractivity contribution in [2.24, 2.45) is 5.10 Å². The van der Waals surface area contributed by atoms with Gasteiger partial charge >= 0.3 is 0 Å². The summed E-state index contributed by atoms with van der Waals surface area (Å²) in [5, 5.41) is 20.7. The van der Waals surface area contributed by atoms with E-state index < -0.39 is 0 Å². The molecule has 3 N–H and O–H groups in total. The van der Waals surface area contributed by atoms with Gasteiger partial charge in [0.1, 0.15) is 6.20 Å². The van der Waals surface area contributed by atoms with Gasteiger partial charge in [0, 0.05) is 0 Å². The van der Waals surface area contributed by atoms with Gasteiger partial charge in [0.15, 0.2) is 11.5 Å². The first-order chi connectivity index (χ1) is 9.60. The molecule has 2 aromatic rings. The van der Waals surface area contributed by atoms with Crippen molar-refractivity contribution in [3.05, 3.63) is 38.7 Å². The second-order valence-corrected chi connectivity index (χ2v) is 4.46. The van der Waals surface area contributed by atoms with Gasteiger partial charge < -0.3 is 9.84 Å². The van der Waals surface area contributed by atoms with Crippen LogP contribution in [-0.4, -0.2) is 33.6 Å². The Kier molecular flexibility index (Phi) is 4.31. The van der Waals surface area contributed by atoms with Gasteiger partial charge in [-0.1, -0.05) is 0 Å². The smallest absolute Gasteiger partial charge is 0.271 e. The zero-order valence-electron chi connectivity index (χ0n) is 10.3. The summed E-state index contributed by atoms with van der Waals surface area (Å²) in [4.78, 5) is 13.4. The Morgan fingerprint density at radius 2 is 2.35 bits per heavy atom. The van der Waals surface area contributed by atoms with Gasteiger partial charge in [0.2, 0.25) is 5.95 Å². The second kappa shape index (κ2) is 6.15. The standard InChI is InChI=1S/C11H10BrN5O3/c1-20-8-3-6(2-7(12)10(8)19)4-13-16-11-15-9(18)5-14-17-11/h2-5,19H,1H3,(H2,15,16,17,18)/b13-4-. The average Bonchev–Trinajstić information content (AvgIpc) is 2.42. The largest absolute Gasteiger partial charge is 0.503 e. The van der Waals surface area contributed by atoms with Crippen LogP contribution in [0.2, 0.25) is 0 Å². The summed E-state index contributed by atoms with van der Waals surface area (Å²) in [7, 11) is 1.45. The number of aromatic nitrogens is 3. The number of H-pyrrole nitrogens is 1. The molecule has 0 saturated heterocycles. The molecule has 0 bridgehead atoms. The molecule has 2 rings (SSSR count). The van der Waals surface area contributed by atoms with Crippen molar-refractivity contribution in [1.82, 2.24) is 15.2 Å². The molecule has 0 saturated carbocycles. The number of rotatable bonds is 4. The van der Waals surface area contributed by atoms with Crippen molar-refractivity contribution in [3.8, 4) is 11.5 Å². The summed E-state index contributed by atoms with van der Waals surface area (Å²) < 4.78 is 5.49. The lowest BCUT2D eigenvalue weighted by molar-refractivity contribution is 0.372. The summed E-state index contributed by atoms with van der Waals surface area (Å²) in [5.41, 5.74) is 2.82. The van der Waals surface area contributed by atoms with E-state index in [1.807, 2.05) is 0 Å². The van der Waals surface area contributed by atoms with E-state index in [9.17, 15) is 9.90 Å². The molecule has 0 fully saturated rings. The number of anilines is 1. The summed E-state index contributed by atoms with van der Waals surface area (Å²) in [6.07, 6.45) is 2.52. The van der Waals surface area contributed by atoms with Crippen LogP contribution in [0, 0.1) is 0 Å². The third kappa shape index (κ3) is 3.32. The van der Waals surface area contributed by atoms with Gasteiger partial charge in [-0.3, -0.25) is 9.78 Å². The molecule has 8 nitrogen and oxygen atoms in total. The molecule has 0 atom stereocenters. The summed E-state index contributed by atoms with van der Waals surface area (Å²) in [6, 6.07) is 3.26. The highest BCUT2D eigenvalue weighted by molar-refractivity contribution is 9.10. The fourth-order valence-electron chi connectivity index (χ4n) is 1.36. The summed E-state index contributed by atoms with van der Waals surface area (Å²) in [5.74, 6) is 0.447. The zero-order chi connectivity index (χ0) is 14.5. The molecule has 20 heavy (non-hydrogen) atoms. The molecule has 1 heterocycles. The predicted molar refractivity (Wildman–Crippen MR) is 76.2 cm³/mol. The maximum atomic E-state index is 11.0. The Bertz CT molecular complexity index is 701. The summed E-state index contributed by atoms with van der Waals surface area (Å²) in [6.45, 7) is 0. The minimum Gasteiger partial charge on any atom is -0.503 e. The highest BCUT2D eigenvalue weighted by Crippen LogP contribution is 2.34. The van der Waals surface area contributed by atoms with Crippen LogP contribution in [0.1, 0.15) is 5.56 Å². The Balaban J connectivity index is 2.16. The molecule has 104 valence electrons. The van der Waals surface area contributed by atoms with Crippen LogP contribution < -0.4 is 15.7 Å². The number of nitrogens with one attached hydrogen (secondary N) is 2. The second-order valence-electron chi connectivity index (χ2n) is 3.61. The quantitative estimate of drug-likeness (QED) is 0.567. The molecule has 1 aromatic carbocycles. The molecule has 0 unspecified atom stereocenters. The molecule has 1 aromatic heterocycles. The molecule has 0 amide bonds. The normalized spacial score (nSPS) is 10.7.